The standard InChI is InChI=1S/C79H154O17P2/c1-6-10-13-16-19-22-25-27-29-30-31-32-33-35-37-40-43-49-54-59-64-78(83)95-74(68-90-77(82)63-58-53-48-42-39-36-34-28-26-23-20-17-14-11-7-2)70-93-97(85,86)91-66-73(80)67-92-98(87,88)94-71-75(69-89-76(81)62-57-52-47-41-38-24-21-18-15-12-8-3)96-79(84)65-60-55-50-45-44-46-51-56-61-72(5)9-4/h72-75,80H,6-71H2,1-5H3,(H,85,86)(H,87,88)/t72?,73-,74-,75-/m1/s1. The zero-order chi connectivity index (χ0) is 71.9. The van der Waals surface area contributed by atoms with Gasteiger partial charge in [-0.3, -0.25) is 37.3 Å². The lowest BCUT2D eigenvalue weighted by Crippen LogP contribution is -2.30. The van der Waals surface area contributed by atoms with Crippen LogP contribution in [0.2, 0.25) is 0 Å². The zero-order valence-corrected chi connectivity index (χ0v) is 65.7. The Labute approximate surface area is 600 Å². The van der Waals surface area contributed by atoms with Crippen LogP contribution in [0, 0.1) is 5.92 Å². The third kappa shape index (κ3) is 71.1. The van der Waals surface area contributed by atoms with Crippen LogP contribution in [0.4, 0.5) is 0 Å². The summed E-state index contributed by atoms with van der Waals surface area (Å²) in [6.07, 6.45) is 62.4. The predicted molar refractivity (Wildman–Crippen MR) is 400 cm³/mol. The number of carbonyl (C=O) groups is 4. The van der Waals surface area contributed by atoms with Crippen LogP contribution >= 0.6 is 15.6 Å². The van der Waals surface area contributed by atoms with Crippen molar-refractivity contribution in [2.45, 2.75) is 438 Å². The second kappa shape index (κ2) is 72.0. The summed E-state index contributed by atoms with van der Waals surface area (Å²) in [6.45, 7) is 7.31. The SMILES string of the molecule is CCCCCCCCCCCCCCCCCCCCCCC(=O)O[C@H](COC(=O)CCCCCCCCCCCCCCCCC)COP(=O)(O)OC[C@@H](O)COP(=O)(O)OC[C@@H](COC(=O)CCCCCCCCCCCCC)OC(=O)CCCCCCCCCCC(C)CC. The Hall–Kier alpha value is -1.94. The van der Waals surface area contributed by atoms with Crippen molar-refractivity contribution < 1.29 is 80.2 Å². The second-order valence-corrected chi connectivity index (χ2v) is 31.6. The lowest BCUT2D eigenvalue weighted by molar-refractivity contribution is -0.161. The number of carbonyl (C=O) groups excluding carboxylic acids is 4. The molecule has 98 heavy (non-hydrogen) atoms. The highest BCUT2D eigenvalue weighted by atomic mass is 31.2. The van der Waals surface area contributed by atoms with Gasteiger partial charge in [-0.15, -0.1) is 0 Å². The lowest BCUT2D eigenvalue weighted by atomic mass is 9.99. The van der Waals surface area contributed by atoms with Crippen LogP contribution in [0.5, 0.6) is 0 Å². The molecule has 0 aromatic carbocycles. The highest BCUT2D eigenvalue weighted by Crippen LogP contribution is 2.45. The van der Waals surface area contributed by atoms with Gasteiger partial charge in [0.05, 0.1) is 26.4 Å². The summed E-state index contributed by atoms with van der Waals surface area (Å²) < 4.78 is 68.6. The van der Waals surface area contributed by atoms with Crippen molar-refractivity contribution in [2.75, 3.05) is 39.6 Å². The summed E-state index contributed by atoms with van der Waals surface area (Å²) >= 11 is 0. The number of phosphoric acid groups is 2. The van der Waals surface area contributed by atoms with Gasteiger partial charge in [-0.1, -0.05) is 369 Å². The molecule has 0 aromatic heterocycles. The van der Waals surface area contributed by atoms with Crippen molar-refractivity contribution in [1.29, 1.82) is 0 Å². The van der Waals surface area contributed by atoms with E-state index in [4.69, 9.17) is 37.0 Å². The molecule has 0 aliphatic rings. The molecule has 0 spiro atoms. The molecule has 0 saturated heterocycles. The van der Waals surface area contributed by atoms with Gasteiger partial charge in [-0.05, 0) is 31.6 Å². The summed E-state index contributed by atoms with van der Waals surface area (Å²) in [7, 11) is -9.91. The van der Waals surface area contributed by atoms with Crippen LogP contribution < -0.4 is 0 Å². The van der Waals surface area contributed by atoms with Crippen LogP contribution in [0.25, 0.3) is 0 Å². The first-order chi connectivity index (χ1) is 47.6. The molecule has 6 atom stereocenters. The molecule has 3 unspecified atom stereocenters. The van der Waals surface area contributed by atoms with Crippen LogP contribution in [0.1, 0.15) is 420 Å². The first-order valence-corrected chi connectivity index (χ1v) is 44.2. The van der Waals surface area contributed by atoms with E-state index in [2.05, 4.69) is 34.6 Å². The molecule has 0 aromatic rings. The summed E-state index contributed by atoms with van der Waals surface area (Å²) in [5.41, 5.74) is 0. The molecule has 582 valence electrons. The van der Waals surface area contributed by atoms with Gasteiger partial charge in [0.15, 0.2) is 12.2 Å². The van der Waals surface area contributed by atoms with E-state index < -0.39 is 97.5 Å². The lowest BCUT2D eigenvalue weighted by Gasteiger charge is -2.21. The topological polar surface area (TPSA) is 237 Å². The highest BCUT2D eigenvalue weighted by molar-refractivity contribution is 7.47. The summed E-state index contributed by atoms with van der Waals surface area (Å²) in [5.74, 6) is -1.34. The molecule has 0 rings (SSSR count). The van der Waals surface area contributed by atoms with Gasteiger partial charge in [0.2, 0.25) is 0 Å². The van der Waals surface area contributed by atoms with E-state index in [1.807, 2.05) is 0 Å². The van der Waals surface area contributed by atoms with Crippen molar-refractivity contribution in [3.63, 3.8) is 0 Å². The van der Waals surface area contributed by atoms with Crippen molar-refractivity contribution in [3.05, 3.63) is 0 Å². The average molecular weight is 1440 g/mol. The minimum atomic E-state index is -4.96. The Bertz CT molecular complexity index is 1880. The summed E-state index contributed by atoms with van der Waals surface area (Å²) in [6, 6.07) is 0. The number of hydrogen-bond acceptors (Lipinski definition) is 15. The van der Waals surface area contributed by atoms with Gasteiger partial charge in [0.25, 0.3) is 0 Å². The maximum Gasteiger partial charge on any atom is 0.472 e. The first-order valence-electron chi connectivity index (χ1n) is 41.2. The Balaban J connectivity index is 5.23. The molecule has 0 amide bonds. The van der Waals surface area contributed by atoms with Gasteiger partial charge in [0.1, 0.15) is 19.3 Å². The highest BCUT2D eigenvalue weighted by Gasteiger charge is 2.30. The van der Waals surface area contributed by atoms with Gasteiger partial charge < -0.3 is 33.8 Å². The fraction of sp³-hybridized carbons (Fsp3) is 0.949. The number of aliphatic hydroxyl groups is 1. The summed E-state index contributed by atoms with van der Waals surface area (Å²) in [5, 5.41) is 10.6. The normalized spacial score (nSPS) is 14.2. The molecule has 0 saturated carbocycles. The Kier molecular flexibility index (Phi) is 70.6. The molecule has 0 radical (unpaired) electrons. The van der Waals surface area contributed by atoms with Gasteiger partial charge >= 0.3 is 39.5 Å². The van der Waals surface area contributed by atoms with Crippen LogP contribution in [-0.4, -0.2) is 96.7 Å². The maximum absolute atomic E-state index is 13.1. The largest absolute Gasteiger partial charge is 0.472 e. The number of esters is 4. The molecule has 19 heteroatoms. The van der Waals surface area contributed by atoms with Crippen LogP contribution in [-0.2, 0) is 65.4 Å². The van der Waals surface area contributed by atoms with E-state index in [9.17, 15) is 43.2 Å². The quantitative estimate of drug-likeness (QED) is 0.0222. The molecule has 0 aliphatic carbocycles. The third-order valence-corrected chi connectivity index (χ3v) is 20.8. The number of aliphatic hydroxyl groups excluding tert-OH is 1. The number of rotatable bonds is 79. The van der Waals surface area contributed by atoms with E-state index in [-0.39, 0.29) is 25.7 Å². The predicted octanol–water partition coefficient (Wildman–Crippen LogP) is 23.6. The smallest absolute Gasteiger partial charge is 0.462 e. The number of unbranched alkanes of at least 4 members (excludes halogenated alkanes) is 50. The Morgan fingerprint density at radius 2 is 0.490 bits per heavy atom. The average Bonchev–Trinajstić information content (AvgIpc) is 1.30. The summed E-state index contributed by atoms with van der Waals surface area (Å²) in [4.78, 5) is 72.9. The molecule has 3 N–H and O–H groups in total. The maximum atomic E-state index is 13.1. The number of hydrogen-bond donors (Lipinski definition) is 3. The van der Waals surface area contributed by atoms with Crippen molar-refractivity contribution >= 4 is 39.5 Å². The van der Waals surface area contributed by atoms with E-state index >= 15 is 0 Å². The van der Waals surface area contributed by atoms with E-state index in [1.54, 1.807) is 0 Å². The molecule has 0 aliphatic heterocycles. The molecular weight excluding hydrogens is 1280 g/mol. The number of ether oxygens (including phenoxy) is 4. The van der Waals surface area contributed by atoms with E-state index in [1.165, 1.54) is 244 Å². The van der Waals surface area contributed by atoms with Crippen molar-refractivity contribution in [2.24, 2.45) is 5.92 Å². The third-order valence-electron chi connectivity index (χ3n) is 18.9. The molecule has 0 bridgehead atoms. The minimum Gasteiger partial charge on any atom is -0.462 e. The van der Waals surface area contributed by atoms with Gasteiger partial charge in [-0.2, -0.15) is 0 Å². The fourth-order valence-corrected chi connectivity index (χ4v) is 13.8. The van der Waals surface area contributed by atoms with Gasteiger partial charge in [0, 0.05) is 25.7 Å². The Morgan fingerprint density at radius 1 is 0.286 bits per heavy atom. The first kappa shape index (κ1) is 96.1. The monoisotopic (exact) mass is 1440 g/mol. The fourth-order valence-electron chi connectivity index (χ4n) is 12.2. The second-order valence-electron chi connectivity index (χ2n) is 28.7. The Morgan fingerprint density at radius 3 is 0.724 bits per heavy atom. The molecule has 17 nitrogen and oxygen atoms in total. The molecule has 0 fully saturated rings. The van der Waals surface area contributed by atoms with E-state index in [0.717, 1.165) is 95.8 Å². The van der Waals surface area contributed by atoms with Crippen molar-refractivity contribution in [1.82, 2.24) is 0 Å². The molecule has 0 heterocycles. The van der Waals surface area contributed by atoms with Gasteiger partial charge in [-0.25, -0.2) is 9.13 Å². The van der Waals surface area contributed by atoms with Crippen LogP contribution in [0.3, 0.4) is 0 Å². The van der Waals surface area contributed by atoms with E-state index in [0.29, 0.717) is 25.7 Å². The zero-order valence-electron chi connectivity index (χ0n) is 63.9. The molecular formula is C79H154O17P2. The number of phosphoric ester groups is 2. The van der Waals surface area contributed by atoms with Crippen molar-refractivity contribution in [3.8, 4) is 0 Å². The van der Waals surface area contributed by atoms with Crippen LogP contribution in [0.15, 0.2) is 0 Å². The minimum absolute atomic E-state index is 0.106.